The Labute approximate surface area is 119 Å². The van der Waals surface area contributed by atoms with Crippen LogP contribution in [0.25, 0.3) is 0 Å². The minimum Gasteiger partial charge on any atom is -0.384 e. The highest BCUT2D eigenvalue weighted by Crippen LogP contribution is 2.24. The minimum absolute atomic E-state index is 0.536. The zero-order valence-electron chi connectivity index (χ0n) is 11.5. The number of thioether (sulfide) groups is 1. The van der Waals surface area contributed by atoms with Crippen molar-refractivity contribution in [2.45, 2.75) is 30.8 Å². The van der Waals surface area contributed by atoms with Crippen molar-refractivity contribution < 1.29 is 5.11 Å². The van der Waals surface area contributed by atoms with Crippen molar-refractivity contribution in [2.75, 3.05) is 6.26 Å². The van der Waals surface area contributed by atoms with Crippen molar-refractivity contribution >= 4 is 11.8 Å². The Morgan fingerprint density at radius 3 is 1.95 bits per heavy atom. The van der Waals surface area contributed by atoms with Crippen molar-refractivity contribution in [3.8, 4) is 0 Å². The molecule has 2 aromatic rings. The van der Waals surface area contributed by atoms with Gasteiger partial charge >= 0.3 is 0 Å². The Kier molecular flexibility index (Phi) is 5.06. The van der Waals surface area contributed by atoms with Gasteiger partial charge in [0, 0.05) is 4.90 Å². The third-order valence-electron chi connectivity index (χ3n) is 3.27. The molecule has 1 N–H and O–H groups in total. The van der Waals surface area contributed by atoms with Crippen LogP contribution in [0.1, 0.15) is 36.1 Å². The third-order valence-corrected chi connectivity index (χ3v) is 4.01. The third kappa shape index (κ3) is 3.62. The van der Waals surface area contributed by atoms with Crippen LogP contribution >= 0.6 is 11.8 Å². The molecule has 0 fully saturated rings. The van der Waals surface area contributed by atoms with Gasteiger partial charge in [0.1, 0.15) is 6.10 Å². The van der Waals surface area contributed by atoms with E-state index >= 15 is 0 Å². The number of hydrogen-bond acceptors (Lipinski definition) is 2. The lowest BCUT2D eigenvalue weighted by Crippen LogP contribution is -1.99. The minimum atomic E-state index is -0.536. The van der Waals surface area contributed by atoms with Gasteiger partial charge in [-0.2, -0.15) is 0 Å². The highest BCUT2D eigenvalue weighted by Gasteiger charge is 2.10. The van der Waals surface area contributed by atoms with Gasteiger partial charge in [-0.15, -0.1) is 11.8 Å². The van der Waals surface area contributed by atoms with E-state index < -0.39 is 6.10 Å². The van der Waals surface area contributed by atoms with E-state index in [1.807, 2.05) is 24.3 Å². The molecule has 0 saturated heterocycles. The van der Waals surface area contributed by atoms with Gasteiger partial charge in [-0.05, 0) is 41.5 Å². The van der Waals surface area contributed by atoms with Crippen molar-refractivity contribution in [1.29, 1.82) is 0 Å². The maximum absolute atomic E-state index is 10.4. The van der Waals surface area contributed by atoms with Crippen LogP contribution in [0, 0.1) is 0 Å². The normalized spacial score (nSPS) is 12.4. The summed E-state index contributed by atoms with van der Waals surface area (Å²) in [6.07, 6.45) is 3.76. The molecule has 0 aliphatic heterocycles. The number of aliphatic hydroxyl groups is 1. The van der Waals surface area contributed by atoms with E-state index in [1.54, 1.807) is 11.8 Å². The Hall–Kier alpha value is -1.25. The summed E-state index contributed by atoms with van der Waals surface area (Å²) in [4.78, 5) is 1.22. The molecule has 0 aromatic heterocycles. The predicted octanol–water partition coefficient (Wildman–Crippen LogP) is 4.44. The number of aliphatic hydroxyl groups excluding tert-OH is 1. The molecule has 0 bridgehead atoms. The molecule has 2 aromatic carbocycles. The molecular formula is C17H20OS. The molecule has 0 aliphatic carbocycles. The lowest BCUT2D eigenvalue weighted by Gasteiger charge is -2.12. The topological polar surface area (TPSA) is 20.2 Å². The summed E-state index contributed by atoms with van der Waals surface area (Å²) in [6, 6.07) is 16.4. The largest absolute Gasteiger partial charge is 0.384 e. The van der Waals surface area contributed by atoms with E-state index in [0.29, 0.717) is 0 Å². The zero-order chi connectivity index (χ0) is 13.7. The van der Waals surface area contributed by atoms with Gasteiger partial charge < -0.3 is 5.11 Å². The van der Waals surface area contributed by atoms with Gasteiger partial charge in [0.05, 0.1) is 0 Å². The van der Waals surface area contributed by atoms with Gasteiger partial charge in [-0.25, -0.2) is 0 Å². The Bertz CT molecular complexity index is 502. The van der Waals surface area contributed by atoms with Crippen LogP contribution < -0.4 is 0 Å². The standard InChI is InChI=1S/C17H20OS/c1-3-4-13-5-7-14(8-6-13)17(18)15-9-11-16(19-2)12-10-15/h5-12,17-18H,3-4H2,1-2H3. The summed E-state index contributed by atoms with van der Waals surface area (Å²) in [6.45, 7) is 2.18. The smallest absolute Gasteiger partial charge is 0.104 e. The molecule has 0 saturated carbocycles. The summed E-state index contributed by atoms with van der Waals surface area (Å²) in [5.41, 5.74) is 3.23. The van der Waals surface area contributed by atoms with Crippen LogP contribution in [0.4, 0.5) is 0 Å². The molecule has 0 spiro atoms. The summed E-state index contributed by atoms with van der Waals surface area (Å²) in [5.74, 6) is 0. The van der Waals surface area contributed by atoms with E-state index in [0.717, 1.165) is 24.0 Å². The van der Waals surface area contributed by atoms with Gasteiger partial charge in [-0.1, -0.05) is 49.7 Å². The summed E-state index contributed by atoms with van der Waals surface area (Å²) in [7, 11) is 0. The number of aryl methyl sites for hydroxylation is 1. The quantitative estimate of drug-likeness (QED) is 0.812. The molecular weight excluding hydrogens is 252 g/mol. The molecule has 19 heavy (non-hydrogen) atoms. The van der Waals surface area contributed by atoms with Crippen LogP contribution in [-0.2, 0) is 6.42 Å². The van der Waals surface area contributed by atoms with Crippen LogP contribution in [0.15, 0.2) is 53.4 Å². The van der Waals surface area contributed by atoms with Crippen molar-refractivity contribution in [3.05, 3.63) is 65.2 Å². The molecule has 2 rings (SSSR count). The molecule has 2 heteroatoms. The predicted molar refractivity (Wildman–Crippen MR) is 82.7 cm³/mol. The van der Waals surface area contributed by atoms with Gasteiger partial charge in [0.15, 0.2) is 0 Å². The van der Waals surface area contributed by atoms with Gasteiger partial charge in [-0.3, -0.25) is 0 Å². The summed E-state index contributed by atoms with van der Waals surface area (Å²) >= 11 is 1.71. The van der Waals surface area contributed by atoms with E-state index in [4.69, 9.17) is 0 Å². The maximum Gasteiger partial charge on any atom is 0.104 e. The Morgan fingerprint density at radius 1 is 0.947 bits per heavy atom. The van der Waals surface area contributed by atoms with Crippen LogP contribution in [0.5, 0.6) is 0 Å². The van der Waals surface area contributed by atoms with Crippen molar-refractivity contribution in [1.82, 2.24) is 0 Å². The number of rotatable bonds is 5. The molecule has 100 valence electrons. The van der Waals surface area contributed by atoms with Crippen molar-refractivity contribution in [2.24, 2.45) is 0 Å². The first kappa shape index (κ1) is 14.2. The van der Waals surface area contributed by atoms with Crippen LogP contribution in [0.2, 0.25) is 0 Å². The maximum atomic E-state index is 10.4. The fourth-order valence-corrected chi connectivity index (χ4v) is 2.54. The lowest BCUT2D eigenvalue weighted by atomic mass is 9.99. The highest BCUT2D eigenvalue weighted by molar-refractivity contribution is 7.98. The fourth-order valence-electron chi connectivity index (χ4n) is 2.13. The second kappa shape index (κ2) is 6.78. The summed E-state index contributed by atoms with van der Waals surface area (Å²) in [5, 5.41) is 10.4. The average Bonchev–Trinajstić information content (AvgIpc) is 2.48. The lowest BCUT2D eigenvalue weighted by molar-refractivity contribution is 0.220. The summed E-state index contributed by atoms with van der Waals surface area (Å²) < 4.78 is 0. The first-order valence-electron chi connectivity index (χ1n) is 6.65. The van der Waals surface area contributed by atoms with E-state index in [9.17, 15) is 5.11 Å². The first-order valence-corrected chi connectivity index (χ1v) is 7.88. The van der Waals surface area contributed by atoms with Crippen molar-refractivity contribution in [3.63, 3.8) is 0 Å². The van der Waals surface area contributed by atoms with E-state index in [1.165, 1.54) is 10.5 Å². The molecule has 0 aliphatic rings. The van der Waals surface area contributed by atoms with Gasteiger partial charge in [0.2, 0.25) is 0 Å². The SMILES string of the molecule is CCCc1ccc(C(O)c2ccc(SC)cc2)cc1. The highest BCUT2D eigenvalue weighted by atomic mass is 32.2. The van der Waals surface area contributed by atoms with Crippen LogP contribution in [-0.4, -0.2) is 11.4 Å². The van der Waals surface area contributed by atoms with Gasteiger partial charge in [0.25, 0.3) is 0 Å². The van der Waals surface area contributed by atoms with E-state index in [-0.39, 0.29) is 0 Å². The Balaban J connectivity index is 2.15. The molecule has 1 unspecified atom stereocenters. The molecule has 0 amide bonds. The zero-order valence-corrected chi connectivity index (χ0v) is 12.3. The monoisotopic (exact) mass is 272 g/mol. The molecule has 0 heterocycles. The number of hydrogen-bond donors (Lipinski definition) is 1. The second-order valence-corrected chi connectivity index (χ2v) is 5.55. The second-order valence-electron chi connectivity index (χ2n) is 4.67. The van der Waals surface area contributed by atoms with E-state index in [2.05, 4.69) is 37.4 Å². The molecule has 0 radical (unpaired) electrons. The average molecular weight is 272 g/mol. The Morgan fingerprint density at radius 2 is 1.47 bits per heavy atom. The molecule has 1 nitrogen and oxygen atoms in total. The number of benzene rings is 2. The molecule has 1 atom stereocenters. The fraction of sp³-hybridized carbons (Fsp3) is 0.294. The first-order chi connectivity index (χ1) is 9.24. The van der Waals surface area contributed by atoms with Crippen LogP contribution in [0.3, 0.4) is 0 Å².